The van der Waals surface area contributed by atoms with Crippen molar-refractivity contribution >= 4 is 45.8 Å². The quantitative estimate of drug-likeness (QED) is 0.493. The Morgan fingerprint density at radius 2 is 2.00 bits per heavy atom. The average Bonchev–Trinajstić information content (AvgIpc) is 3.31. The number of thioether (sulfide) groups is 2. The van der Waals surface area contributed by atoms with E-state index in [0.717, 1.165) is 37.1 Å². The van der Waals surface area contributed by atoms with Gasteiger partial charge in [-0.05, 0) is 50.3 Å². The maximum absolute atomic E-state index is 12.5. The van der Waals surface area contributed by atoms with Crippen LogP contribution in [-0.4, -0.2) is 26.4 Å². The number of aryl methyl sites for hydroxylation is 2. The van der Waals surface area contributed by atoms with Gasteiger partial charge in [-0.15, -0.1) is 33.3 Å². The number of hydrogen-bond donors (Lipinski definition) is 1. The Bertz CT molecular complexity index is 1130. The number of benzene rings is 1. The van der Waals surface area contributed by atoms with Gasteiger partial charge in [0, 0.05) is 16.8 Å². The number of hydrogen-bond acceptors (Lipinski definition) is 7. The number of nitrogens with one attached hydrogen (secondary N) is 1. The topological polar surface area (TPSA) is 83.6 Å². The summed E-state index contributed by atoms with van der Waals surface area (Å²) in [4.78, 5) is 15.0. The molecule has 9 heteroatoms. The van der Waals surface area contributed by atoms with E-state index in [0.29, 0.717) is 21.5 Å². The zero-order chi connectivity index (χ0) is 21.8. The summed E-state index contributed by atoms with van der Waals surface area (Å²) in [5, 5.41) is 22.4. The van der Waals surface area contributed by atoms with Crippen LogP contribution < -0.4 is 5.32 Å². The average molecular weight is 470 g/mol. The van der Waals surface area contributed by atoms with Crippen LogP contribution in [0, 0.1) is 18.3 Å². The van der Waals surface area contributed by atoms with E-state index < -0.39 is 0 Å². The molecule has 0 aliphatic heterocycles. The minimum Gasteiger partial charge on any atom is -0.316 e. The second-order valence-electron chi connectivity index (χ2n) is 7.42. The van der Waals surface area contributed by atoms with E-state index in [4.69, 9.17) is 0 Å². The summed E-state index contributed by atoms with van der Waals surface area (Å²) in [7, 11) is 1.92. The summed E-state index contributed by atoms with van der Waals surface area (Å²) in [6.07, 6.45) is 4.19. The van der Waals surface area contributed by atoms with Crippen LogP contribution >= 0.6 is 34.9 Å². The molecule has 0 fully saturated rings. The largest absolute Gasteiger partial charge is 0.316 e. The third-order valence-corrected chi connectivity index (χ3v) is 8.42. The molecule has 6 nitrogen and oxygen atoms in total. The first-order valence-electron chi connectivity index (χ1n) is 10.1. The van der Waals surface area contributed by atoms with Crippen molar-refractivity contribution in [1.82, 2.24) is 14.8 Å². The lowest BCUT2D eigenvalue weighted by molar-refractivity contribution is -0.113. The third-order valence-electron chi connectivity index (χ3n) is 5.18. The van der Waals surface area contributed by atoms with E-state index in [1.54, 1.807) is 23.1 Å². The molecule has 3 aromatic rings. The zero-order valence-electron chi connectivity index (χ0n) is 17.5. The minimum atomic E-state index is -0.126. The van der Waals surface area contributed by atoms with Gasteiger partial charge in [-0.2, -0.15) is 5.26 Å². The first-order valence-corrected chi connectivity index (χ1v) is 12.9. The number of amides is 1. The normalized spacial score (nSPS) is 12.9. The first-order chi connectivity index (χ1) is 15.0. The van der Waals surface area contributed by atoms with Crippen LogP contribution in [0.4, 0.5) is 5.00 Å². The molecule has 0 spiro atoms. The predicted molar refractivity (Wildman–Crippen MR) is 127 cm³/mol. The number of rotatable bonds is 7. The molecule has 0 atom stereocenters. The van der Waals surface area contributed by atoms with Gasteiger partial charge < -0.3 is 9.88 Å². The maximum Gasteiger partial charge on any atom is 0.235 e. The zero-order valence-corrected chi connectivity index (χ0v) is 19.9. The summed E-state index contributed by atoms with van der Waals surface area (Å²) < 4.78 is 1.93. The van der Waals surface area contributed by atoms with Crippen molar-refractivity contribution in [2.45, 2.75) is 48.4 Å². The van der Waals surface area contributed by atoms with Crippen LogP contribution in [0.2, 0.25) is 0 Å². The molecule has 0 saturated carbocycles. The predicted octanol–water partition coefficient (Wildman–Crippen LogP) is 4.96. The van der Waals surface area contributed by atoms with Gasteiger partial charge in [0.25, 0.3) is 0 Å². The van der Waals surface area contributed by atoms with Crippen molar-refractivity contribution in [2.75, 3.05) is 11.1 Å². The molecule has 0 saturated heterocycles. The number of carbonyl (C=O) groups excluding carboxylic acids is 1. The molecule has 1 N–H and O–H groups in total. The van der Waals surface area contributed by atoms with Crippen molar-refractivity contribution in [3.05, 3.63) is 51.7 Å². The van der Waals surface area contributed by atoms with Crippen molar-refractivity contribution in [2.24, 2.45) is 7.05 Å². The lowest BCUT2D eigenvalue weighted by Crippen LogP contribution is -2.14. The molecule has 1 aromatic carbocycles. The Morgan fingerprint density at radius 1 is 1.23 bits per heavy atom. The first kappa shape index (κ1) is 21.9. The number of nitrogens with zero attached hydrogens (tertiary/aromatic N) is 4. The molecule has 31 heavy (non-hydrogen) atoms. The van der Waals surface area contributed by atoms with Gasteiger partial charge in [0.05, 0.1) is 17.1 Å². The van der Waals surface area contributed by atoms with Crippen LogP contribution in [0.5, 0.6) is 0 Å². The molecule has 1 amide bonds. The van der Waals surface area contributed by atoms with Crippen LogP contribution in [0.25, 0.3) is 0 Å². The van der Waals surface area contributed by atoms with Gasteiger partial charge >= 0.3 is 0 Å². The Labute approximate surface area is 194 Å². The van der Waals surface area contributed by atoms with Gasteiger partial charge in [0.2, 0.25) is 5.91 Å². The van der Waals surface area contributed by atoms with Crippen LogP contribution in [0.3, 0.4) is 0 Å². The summed E-state index contributed by atoms with van der Waals surface area (Å²) >= 11 is 4.62. The summed E-state index contributed by atoms with van der Waals surface area (Å²) in [5.74, 6) is 1.68. The molecule has 4 rings (SSSR count). The molecule has 160 valence electrons. The summed E-state index contributed by atoms with van der Waals surface area (Å²) in [5.41, 5.74) is 3.02. The molecular formula is C22H23N5OS3. The second kappa shape index (κ2) is 9.90. The highest BCUT2D eigenvalue weighted by Crippen LogP contribution is 2.37. The Morgan fingerprint density at radius 3 is 2.77 bits per heavy atom. The summed E-state index contributed by atoms with van der Waals surface area (Å²) in [6, 6.07) is 10.7. The highest BCUT2D eigenvalue weighted by atomic mass is 32.2. The maximum atomic E-state index is 12.5. The Balaban J connectivity index is 1.33. The van der Waals surface area contributed by atoms with Gasteiger partial charge in [0.15, 0.2) is 5.16 Å². The fraction of sp³-hybridized carbons (Fsp3) is 0.364. The van der Waals surface area contributed by atoms with Crippen molar-refractivity contribution in [1.29, 1.82) is 5.26 Å². The number of nitriles is 1. The molecule has 1 aliphatic carbocycles. The smallest absolute Gasteiger partial charge is 0.235 e. The third kappa shape index (κ3) is 5.14. The lowest BCUT2D eigenvalue weighted by atomic mass is 9.96. The van der Waals surface area contributed by atoms with E-state index >= 15 is 0 Å². The fourth-order valence-electron chi connectivity index (χ4n) is 3.44. The number of anilines is 1. The van der Waals surface area contributed by atoms with Crippen LogP contribution in [0.15, 0.2) is 34.3 Å². The Hall–Kier alpha value is -2.28. The highest BCUT2D eigenvalue weighted by Gasteiger charge is 2.22. The van der Waals surface area contributed by atoms with E-state index in [-0.39, 0.29) is 11.7 Å². The Kier molecular flexibility index (Phi) is 7.00. The molecule has 2 heterocycles. The summed E-state index contributed by atoms with van der Waals surface area (Å²) in [6.45, 7) is 2.07. The van der Waals surface area contributed by atoms with Crippen molar-refractivity contribution in [3.8, 4) is 6.07 Å². The van der Waals surface area contributed by atoms with Crippen LogP contribution in [-0.2, 0) is 30.4 Å². The molecule has 0 radical (unpaired) electrons. The molecule has 0 bridgehead atoms. The van der Waals surface area contributed by atoms with E-state index in [1.807, 2.05) is 11.6 Å². The monoisotopic (exact) mass is 469 g/mol. The van der Waals surface area contributed by atoms with Crippen LogP contribution in [0.1, 0.15) is 40.2 Å². The van der Waals surface area contributed by atoms with Crippen molar-refractivity contribution in [3.63, 3.8) is 0 Å². The van der Waals surface area contributed by atoms with Gasteiger partial charge in [0.1, 0.15) is 16.9 Å². The second-order valence-corrected chi connectivity index (χ2v) is 10.5. The van der Waals surface area contributed by atoms with E-state index in [1.165, 1.54) is 27.1 Å². The lowest BCUT2D eigenvalue weighted by Gasteiger charge is -2.09. The highest BCUT2D eigenvalue weighted by molar-refractivity contribution is 7.99. The number of thiophene rings is 1. The standard InChI is InChI=1S/C22H23N5OS3/c1-14-7-9-15(10-8-14)29-12-19-25-26-22(27(19)2)30-13-20(28)24-21-17(11-23)16-5-3-4-6-18(16)31-21/h7-10H,3-6,12-13H2,1-2H3,(H,24,28). The molecular weight excluding hydrogens is 446 g/mol. The van der Waals surface area contributed by atoms with Gasteiger partial charge in [-0.3, -0.25) is 4.79 Å². The molecule has 1 aliphatic rings. The number of fused-ring (bicyclic) bond motifs is 1. The minimum absolute atomic E-state index is 0.126. The number of carbonyl (C=O) groups is 1. The van der Waals surface area contributed by atoms with E-state index in [9.17, 15) is 10.1 Å². The van der Waals surface area contributed by atoms with Crippen molar-refractivity contribution < 1.29 is 4.79 Å². The molecule has 0 unspecified atom stereocenters. The number of aromatic nitrogens is 3. The van der Waals surface area contributed by atoms with E-state index in [2.05, 4.69) is 52.8 Å². The SMILES string of the molecule is Cc1ccc(SCc2nnc(SCC(=O)Nc3sc4c(c3C#N)CCCC4)n2C)cc1. The molecule has 2 aromatic heterocycles. The fourth-order valence-corrected chi connectivity index (χ4v) is 6.31. The van der Waals surface area contributed by atoms with Gasteiger partial charge in [-0.1, -0.05) is 29.5 Å². The van der Waals surface area contributed by atoms with Gasteiger partial charge in [-0.25, -0.2) is 0 Å².